The number of nitrogens with one attached hydrogen (secondary N) is 1. The molecule has 21 heavy (non-hydrogen) atoms. The predicted octanol–water partition coefficient (Wildman–Crippen LogP) is 1.64. The standard InChI is InChI=1S/C15H17NO5/c1-3-20-15(19)13(9(2)17)21-14(18)11-4-5-12-10(8-11)6-7-16-12/h4-9,13,16-17H,3H2,1-2H3. The Bertz CT molecular complexity index is 646. The molecule has 6 heteroatoms. The highest BCUT2D eigenvalue weighted by Gasteiger charge is 2.29. The molecular weight excluding hydrogens is 274 g/mol. The van der Waals surface area contributed by atoms with Crippen LogP contribution in [0.25, 0.3) is 10.9 Å². The van der Waals surface area contributed by atoms with E-state index in [0.29, 0.717) is 5.56 Å². The van der Waals surface area contributed by atoms with Crippen molar-refractivity contribution in [1.82, 2.24) is 4.98 Å². The van der Waals surface area contributed by atoms with E-state index in [-0.39, 0.29) is 6.61 Å². The summed E-state index contributed by atoms with van der Waals surface area (Å²) in [4.78, 5) is 26.8. The molecule has 1 aromatic heterocycles. The van der Waals surface area contributed by atoms with Crippen molar-refractivity contribution in [2.45, 2.75) is 26.1 Å². The van der Waals surface area contributed by atoms with E-state index in [4.69, 9.17) is 9.47 Å². The number of carbonyl (C=O) groups excluding carboxylic acids is 2. The third kappa shape index (κ3) is 3.41. The zero-order chi connectivity index (χ0) is 15.4. The lowest BCUT2D eigenvalue weighted by Gasteiger charge is -2.18. The number of ether oxygens (including phenoxy) is 2. The molecule has 2 N–H and O–H groups in total. The van der Waals surface area contributed by atoms with E-state index in [0.717, 1.165) is 10.9 Å². The lowest BCUT2D eigenvalue weighted by molar-refractivity contribution is -0.159. The normalized spacial score (nSPS) is 13.7. The maximum atomic E-state index is 12.1. The molecule has 0 amide bonds. The number of aromatic nitrogens is 1. The molecule has 2 aromatic rings. The molecule has 2 atom stereocenters. The minimum atomic E-state index is -1.33. The van der Waals surface area contributed by atoms with Gasteiger partial charge in [0.15, 0.2) is 0 Å². The molecular formula is C15H17NO5. The molecule has 112 valence electrons. The Morgan fingerprint density at radius 2 is 2.10 bits per heavy atom. The molecule has 1 aromatic carbocycles. The fraction of sp³-hybridized carbons (Fsp3) is 0.333. The number of aromatic amines is 1. The molecule has 6 nitrogen and oxygen atoms in total. The van der Waals surface area contributed by atoms with Gasteiger partial charge in [0.2, 0.25) is 6.10 Å². The Kier molecular flexibility index (Phi) is 4.59. The van der Waals surface area contributed by atoms with Gasteiger partial charge in [-0.3, -0.25) is 0 Å². The van der Waals surface area contributed by atoms with Crippen molar-refractivity contribution in [1.29, 1.82) is 0 Å². The molecule has 0 radical (unpaired) electrons. The van der Waals surface area contributed by atoms with Crippen molar-refractivity contribution < 1.29 is 24.2 Å². The lowest BCUT2D eigenvalue weighted by Crippen LogP contribution is -2.38. The molecule has 2 rings (SSSR count). The van der Waals surface area contributed by atoms with E-state index in [2.05, 4.69) is 4.98 Å². The van der Waals surface area contributed by atoms with Gasteiger partial charge < -0.3 is 19.6 Å². The summed E-state index contributed by atoms with van der Waals surface area (Å²) < 4.78 is 9.84. The molecule has 0 fully saturated rings. The van der Waals surface area contributed by atoms with Crippen LogP contribution in [0.4, 0.5) is 0 Å². The maximum absolute atomic E-state index is 12.1. The first kappa shape index (κ1) is 15.1. The second-order valence-corrected chi connectivity index (χ2v) is 4.60. The zero-order valence-corrected chi connectivity index (χ0v) is 11.8. The van der Waals surface area contributed by atoms with Gasteiger partial charge in [0, 0.05) is 17.1 Å². The Labute approximate surface area is 121 Å². The van der Waals surface area contributed by atoms with Crippen LogP contribution in [0.5, 0.6) is 0 Å². The number of hydrogen-bond donors (Lipinski definition) is 2. The molecule has 0 aliphatic rings. The summed E-state index contributed by atoms with van der Waals surface area (Å²) in [6.45, 7) is 3.15. The lowest BCUT2D eigenvalue weighted by atomic mass is 10.1. The van der Waals surface area contributed by atoms with Crippen LogP contribution in [-0.4, -0.2) is 40.8 Å². The minimum Gasteiger partial charge on any atom is -0.463 e. The quantitative estimate of drug-likeness (QED) is 0.817. The predicted molar refractivity (Wildman–Crippen MR) is 75.8 cm³/mol. The monoisotopic (exact) mass is 291 g/mol. The molecule has 0 saturated heterocycles. The molecule has 1 heterocycles. The van der Waals surface area contributed by atoms with E-state index in [1.165, 1.54) is 6.92 Å². The summed E-state index contributed by atoms with van der Waals surface area (Å²) in [5.41, 5.74) is 1.20. The number of hydrogen-bond acceptors (Lipinski definition) is 5. The highest BCUT2D eigenvalue weighted by molar-refractivity contribution is 5.95. The van der Waals surface area contributed by atoms with Gasteiger partial charge in [-0.25, -0.2) is 9.59 Å². The summed E-state index contributed by atoms with van der Waals surface area (Å²) in [5.74, 6) is -1.44. The van der Waals surface area contributed by atoms with Gasteiger partial charge in [-0.1, -0.05) is 0 Å². The first-order chi connectivity index (χ1) is 10.0. The van der Waals surface area contributed by atoms with Crippen molar-refractivity contribution in [3.05, 3.63) is 36.0 Å². The van der Waals surface area contributed by atoms with Gasteiger partial charge in [0.1, 0.15) is 0 Å². The number of benzene rings is 1. The van der Waals surface area contributed by atoms with Crippen LogP contribution in [-0.2, 0) is 14.3 Å². The number of H-pyrrole nitrogens is 1. The fourth-order valence-corrected chi connectivity index (χ4v) is 1.93. The van der Waals surface area contributed by atoms with Gasteiger partial charge in [0.05, 0.1) is 18.3 Å². The van der Waals surface area contributed by atoms with Gasteiger partial charge in [0.25, 0.3) is 0 Å². The number of carbonyl (C=O) groups is 2. The Morgan fingerprint density at radius 1 is 1.33 bits per heavy atom. The first-order valence-electron chi connectivity index (χ1n) is 6.65. The van der Waals surface area contributed by atoms with Crippen molar-refractivity contribution in [2.24, 2.45) is 0 Å². The van der Waals surface area contributed by atoms with Gasteiger partial charge in [-0.15, -0.1) is 0 Å². The third-order valence-corrected chi connectivity index (χ3v) is 2.98. The Hall–Kier alpha value is -2.34. The van der Waals surface area contributed by atoms with Crippen LogP contribution in [0.1, 0.15) is 24.2 Å². The minimum absolute atomic E-state index is 0.148. The largest absolute Gasteiger partial charge is 0.463 e. The molecule has 0 spiro atoms. The van der Waals surface area contributed by atoms with Crippen LogP contribution in [0.3, 0.4) is 0 Å². The van der Waals surface area contributed by atoms with Gasteiger partial charge in [-0.2, -0.15) is 0 Å². The van der Waals surface area contributed by atoms with E-state index in [9.17, 15) is 14.7 Å². The Morgan fingerprint density at radius 3 is 2.76 bits per heavy atom. The highest BCUT2D eigenvalue weighted by atomic mass is 16.6. The van der Waals surface area contributed by atoms with Crippen LogP contribution < -0.4 is 0 Å². The van der Waals surface area contributed by atoms with Crippen LogP contribution in [0, 0.1) is 0 Å². The maximum Gasteiger partial charge on any atom is 0.350 e. The summed E-state index contributed by atoms with van der Waals surface area (Å²) in [7, 11) is 0. The molecule has 0 aliphatic carbocycles. The molecule has 0 bridgehead atoms. The Balaban J connectivity index is 2.15. The van der Waals surface area contributed by atoms with Crippen molar-refractivity contribution in [3.63, 3.8) is 0 Å². The van der Waals surface area contributed by atoms with Crippen LogP contribution in [0.2, 0.25) is 0 Å². The summed E-state index contributed by atoms with van der Waals surface area (Å²) >= 11 is 0. The second kappa shape index (κ2) is 6.41. The third-order valence-electron chi connectivity index (χ3n) is 2.98. The van der Waals surface area contributed by atoms with E-state index >= 15 is 0 Å². The molecule has 0 saturated carbocycles. The van der Waals surface area contributed by atoms with Crippen molar-refractivity contribution in [3.8, 4) is 0 Å². The van der Waals surface area contributed by atoms with E-state index < -0.39 is 24.1 Å². The highest BCUT2D eigenvalue weighted by Crippen LogP contribution is 2.16. The van der Waals surface area contributed by atoms with Crippen LogP contribution in [0.15, 0.2) is 30.5 Å². The van der Waals surface area contributed by atoms with E-state index in [1.807, 2.05) is 6.07 Å². The fourth-order valence-electron chi connectivity index (χ4n) is 1.93. The zero-order valence-electron chi connectivity index (χ0n) is 11.8. The summed E-state index contributed by atoms with van der Waals surface area (Å²) in [6, 6.07) is 6.81. The van der Waals surface area contributed by atoms with E-state index in [1.54, 1.807) is 31.3 Å². The summed E-state index contributed by atoms with van der Waals surface area (Å²) in [6.07, 6.45) is -0.722. The molecule has 0 aliphatic heterocycles. The van der Waals surface area contributed by atoms with Gasteiger partial charge in [-0.05, 0) is 38.1 Å². The number of aliphatic hydroxyl groups is 1. The second-order valence-electron chi connectivity index (χ2n) is 4.60. The molecule has 2 unspecified atom stereocenters. The van der Waals surface area contributed by atoms with Gasteiger partial charge >= 0.3 is 11.9 Å². The SMILES string of the molecule is CCOC(=O)C(OC(=O)c1ccc2[nH]ccc2c1)C(C)O. The smallest absolute Gasteiger partial charge is 0.350 e. The topological polar surface area (TPSA) is 88.6 Å². The van der Waals surface area contributed by atoms with Crippen LogP contribution >= 0.6 is 0 Å². The number of aliphatic hydroxyl groups excluding tert-OH is 1. The average Bonchev–Trinajstić information content (AvgIpc) is 2.91. The number of esters is 2. The number of fused-ring (bicyclic) bond motifs is 1. The first-order valence-corrected chi connectivity index (χ1v) is 6.65. The van der Waals surface area contributed by atoms with Crippen molar-refractivity contribution >= 4 is 22.8 Å². The average molecular weight is 291 g/mol. The number of rotatable bonds is 5. The summed E-state index contributed by atoms with van der Waals surface area (Å²) in [5, 5.41) is 10.4. The van der Waals surface area contributed by atoms with Crippen molar-refractivity contribution in [2.75, 3.05) is 6.61 Å².